The predicted octanol–water partition coefficient (Wildman–Crippen LogP) is 2.76. The molecule has 0 radical (unpaired) electrons. The number of benzene rings is 1. The van der Waals surface area contributed by atoms with Gasteiger partial charge in [-0.05, 0) is 30.5 Å². The molecule has 0 aromatic heterocycles. The lowest BCUT2D eigenvalue weighted by molar-refractivity contribution is -0.133. The van der Waals surface area contributed by atoms with Crippen molar-refractivity contribution in [3.63, 3.8) is 0 Å². The summed E-state index contributed by atoms with van der Waals surface area (Å²) < 4.78 is 4.94. The van der Waals surface area contributed by atoms with Crippen LogP contribution in [0.5, 0.6) is 0 Å². The van der Waals surface area contributed by atoms with E-state index in [0.717, 1.165) is 24.1 Å². The van der Waals surface area contributed by atoms with Gasteiger partial charge >= 0.3 is 5.97 Å². The van der Waals surface area contributed by atoms with Gasteiger partial charge in [0, 0.05) is 31.6 Å². The van der Waals surface area contributed by atoms with Crippen LogP contribution in [0.1, 0.15) is 24.8 Å². The molecule has 0 heterocycles. The number of ether oxygens (including phenoxy) is 1. The Bertz CT molecular complexity index is 465. The molecule has 0 aliphatic rings. The molecule has 21 heavy (non-hydrogen) atoms. The van der Waals surface area contributed by atoms with Gasteiger partial charge in [0.1, 0.15) is 0 Å². The highest BCUT2D eigenvalue weighted by atomic mass is 32.2. The summed E-state index contributed by atoms with van der Waals surface area (Å²) in [5, 5.41) is 11.5. The number of thioether (sulfide) groups is 1. The van der Waals surface area contributed by atoms with Crippen LogP contribution >= 0.6 is 11.8 Å². The fraction of sp³-hybridized carbons (Fsp3) is 0.467. The summed E-state index contributed by atoms with van der Waals surface area (Å²) in [5.41, 5.74) is 1.75. The third-order valence-electron chi connectivity index (χ3n) is 2.71. The summed E-state index contributed by atoms with van der Waals surface area (Å²) in [4.78, 5) is 22.2. The molecule has 6 heteroatoms. The molecule has 1 amide bonds. The number of carboxylic acid groups (broad SMARTS) is 1. The van der Waals surface area contributed by atoms with Crippen LogP contribution in [0.15, 0.2) is 24.3 Å². The Morgan fingerprint density at radius 2 is 2.14 bits per heavy atom. The van der Waals surface area contributed by atoms with E-state index in [9.17, 15) is 9.59 Å². The zero-order chi connectivity index (χ0) is 15.5. The topological polar surface area (TPSA) is 75.6 Å². The molecule has 116 valence electrons. The SMILES string of the molecule is COCCCCC(=O)Nc1cccc(CSCC(=O)O)c1. The molecule has 0 saturated heterocycles. The Kier molecular flexibility index (Phi) is 8.54. The van der Waals surface area contributed by atoms with Gasteiger partial charge in [-0.1, -0.05) is 12.1 Å². The zero-order valence-electron chi connectivity index (χ0n) is 12.1. The molecular weight excluding hydrogens is 290 g/mol. The number of rotatable bonds is 10. The van der Waals surface area contributed by atoms with Crippen LogP contribution in [0.2, 0.25) is 0 Å². The molecule has 5 nitrogen and oxygen atoms in total. The standard InChI is InChI=1S/C15H21NO4S/c1-20-8-3-2-7-14(17)16-13-6-4-5-12(9-13)10-21-11-15(18)19/h4-6,9H,2-3,7-8,10-11H2,1H3,(H,16,17)(H,18,19). The fourth-order valence-corrected chi connectivity index (χ4v) is 2.44. The summed E-state index contributed by atoms with van der Waals surface area (Å²) >= 11 is 1.34. The van der Waals surface area contributed by atoms with Crippen molar-refractivity contribution in [2.75, 3.05) is 24.8 Å². The summed E-state index contributed by atoms with van der Waals surface area (Å²) in [7, 11) is 1.65. The summed E-state index contributed by atoms with van der Waals surface area (Å²) in [6.45, 7) is 0.670. The van der Waals surface area contributed by atoms with Crippen molar-refractivity contribution in [3.8, 4) is 0 Å². The smallest absolute Gasteiger partial charge is 0.313 e. The van der Waals surface area contributed by atoms with Crippen molar-refractivity contribution in [2.45, 2.75) is 25.0 Å². The maximum Gasteiger partial charge on any atom is 0.313 e. The highest BCUT2D eigenvalue weighted by molar-refractivity contribution is 7.99. The number of methoxy groups -OCH3 is 1. The zero-order valence-corrected chi connectivity index (χ0v) is 12.9. The molecule has 1 rings (SSSR count). The van der Waals surface area contributed by atoms with Crippen LogP contribution in [0.3, 0.4) is 0 Å². The minimum Gasteiger partial charge on any atom is -0.481 e. The monoisotopic (exact) mass is 311 g/mol. The number of amides is 1. The molecule has 1 aromatic rings. The van der Waals surface area contributed by atoms with Gasteiger partial charge in [0.2, 0.25) is 5.91 Å². The van der Waals surface area contributed by atoms with E-state index in [0.29, 0.717) is 18.8 Å². The van der Waals surface area contributed by atoms with Gasteiger partial charge in [-0.25, -0.2) is 0 Å². The van der Waals surface area contributed by atoms with E-state index in [-0.39, 0.29) is 11.7 Å². The second kappa shape index (κ2) is 10.2. The lowest BCUT2D eigenvalue weighted by Gasteiger charge is -2.07. The van der Waals surface area contributed by atoms with Crippen LogP contribution in [0, 0.1) is 0 Å². The molecule has 0 spiro atoms. The van der Waals surface area contributed by atoms with Crippen molar-refractivity contribution in [3.05, 3.63) is 29.8 Å². The molecule has 0 bridgehead atoms. The molecule has 0 aliphatic heterocycles. The number of carboxylic acids is 1. The minimum absolute atomic E-state index is 0.0126. The Morgan fingerprint density at radius 3 is 2.86 bits per heavy atom. The van der Waals surface area contributed by atoms with Gasteiger partial charge in [0.25, 0.3) is 0 Å². The first-order valence-electron chi connectivity index (χ1n) is 6.79. The number of carbonyl (C=O) groups excluding carboxylic acids is 1. The average molecular weight is 311 g/mol. The maximum absolute atomic E-state index is 11.8. The molecule has 0 saturated carbocycles. The number of anilines is 1. The van der Waals surface area contributed by atoms with Crippen molar-refractivity contribution in [2.24, 2.45) is 0 Å². The van der Waals surface area contributed by atoms with E-state index in [1.165, 1.54) is 11.8 Å². The highest BCUT2D eigenvalue weighted by Gasteiger charge is 2.04. The van der Waals surface area contributed by atoms with Crippen LogP contribution in [-0.2, 0) is 20.1 Å². The molecule has 1 aromatic carbocycles. The van der Waals surface area contributed by atoms with Crippen molar-refractivity contribution in [1.82, 2.24) is 0 Å². The fourth-order valence-electron chi connectivity index (χ4n) is 1.75. The number of hydrogen-bond donors (Lipinski definition) is 2. The van der Waals surface area contributed by atoms with Crippen molar-refractivity contribution < 1.29 is 19.4 Å². The van der Waals surface area contributed by atoms with Crippen molar-refractivity contribution >= 4 is 29.3 Å². The first-order chi connectivity index (χ1) is 10.1. The van der Waals surface area contributed by atoms with Gasteiger partial charge in [-0.3, -0.25) is 9.59 Å². The molecule has 0 aliphatic carbocycles. The second-order valence-electron chi connectivity index (χ2n) is 4.58. The summed E-state index contributed by atoms with van der Waals surface area (Å²) in [5.74, 6) is -0.137. The third kappa shape index (κ3) is 8.37. The number of unbranched alkanes of at least 4 members (excludes halogenated alkanes) is 1. The number of hydrogen-bond acceptors (Lipinski definition) is 4. The minimum atomic E-state index is -0.819. The Morgan fingerprint density at radius 1 is 1.33 bits per heavy atom. The Hall–Kier alpha value is -1.53. The summed E-state index contributed by atoms with van der Waals surface area (Å²) in [6, 6.07) is 7.49. The van der Waals surface area contributed by atoms with E-state index >= 15 is 0 Å². The largest absolute Gasteiger partial charge is 0.481 e. The maximum atomic E-state index is 11.8. The first kappa shape index (κ1) is 17.5. The second-order valence-corrected chi connectivity index (χ2v) is 5.57. The first-order valence-corrected chi connectivity index (χ1v) is 7.94. The van der Waals surface area contributed by atoms with Gasteiger partial charge in [-0.15, -0.1) is 11.8 Å². The van der Waals surface area contributed by atoms with E-state index < -0.39 is 5.97 Å². The highest BCUT2D eigenvalue weighted by Crippen LogP contribution is 2.17. The number of nitrogens with one attached hydrogen (secondary N) is 1. The molecule has 0 unspecified atom stereocenters. The third-order valence-corrected chi connectivity index (χ3v) is 3.70. The van der Waals surface area contributed by atoms with E-state index in [4.69, 9.17) is 9.84 Å². The lowest BCUT2D eigenvalue weighted by atomic mass is 10.2. The van der Waals surface area contributed by atoms with Crippen molar-refractivity contribution in [1.29, 1.82) is 0 Å². The summed E-state index contributed by atoms with van der Waals surface area (Å²) in [6.07, 6.45) is 2.14. The Balaban J connectivity index is 2.37. The lowest BCUT2D eigenvalue weighted by Crippen LogP contribution is -2.11. The van der Waals surface area contributed by atoms with Gasteiger partial charge < -0.3 is 15.2 Å². The van der Waals surface area contributed by atoms with Gasteiger partial charge in [-0.2, -0.15) is 0 Å². The molecule has 0 fully saturated rings. The Labute approximate surface area is 129 Å². The normalized spacial score (nSPS) is 10.3. The van der Waals surface area contributed by atoms with E-state index in [2.05, 4.69) is 5.32 Å². The quantitative estimate of drug-likeness (QED) is 0.650. The number of carbonyl (C=O) groups is 2. The molecular formula is C15H21NO4S. The predicted molar refractivity (Wildman–Crippen MR) is 84.6 cm³/mol. The molecule has 2 N–H and O–H groups in total. The average Bonchev–Trinajstić information content (AvgIpc) is 2.44. The van der Waals surface area contributed by atoms with Gasteiger partial charge in [0.05, 0.1) is 5.75 Å². The van der Waals surface area contributed by atoms with Crippen LogP contribution in [0.25, 0.3) is 0 Å². The van der Waals surface area contributed by atoms with Gasteiger partial charge in [0.15, 0.2) is 0 Å². The molecule has 0 atom stereocenters. The van der Waals surface area contributed by atoms with E-state index in [1.54, 1.807) is 7.11 Å². The van der Waals surface area contributed by atoms with Crippen LogP contribution in [-0.4, -0.2) is 36.5 Å². The van der Waals surface area contributed by atoms with Crippen LogP contribution < -0.4 is 5.32 Å². The number of aliphatic carboxylic acids is 1. The van der Waals surface area contributed by atoms with Crippen LogP contribution in [0.4, 0.5) is 5.69 Å². The van der Waals surface area contributed by atoms with E-state index in [1.807, 2.05) is 24.3 Å².